The van der Waals surface area contributed by atoms with E-state index in [2.05, 4.69) is 42.9 Å². The molecule has 0 spiro atoms. The van der Waals surface area contributed by atoms with Crippen molar-refractivity contribution in [3.05, 3.63) is 64.5 Å². The van der Waals surface area contributed by atoms with Crippen LogP contribution in [0.5, 0.6) is 0 Å². The zero-order valence-electron chi connectivity index (χ0n) is 17.4. The normalized spacial score (nSPS) is 15.1. The van der Waals surface area contributed by atoms with Gasteiger partial charge >= 0.3 is 0 Å². The molecule has 1 aliphatic rings. The smallest absolute Gasteiger partial charge is 0.282 e. The molecule has 0 atom stereocenters. The molecule has 4 heterocycles. The van der Waals surface area contributed by atoms with Crippen molar-refractivity contribution in [2.24, 2.45) is 0 Å². The molecule has 0 saturated carbocycles. The van der Waals surface area contributed by atoms with Crippen LogP contribution in [-0.4, -0.2) is 43.3 Å². The predicted octanol–water partition coefficient (Wildman–Crippen LogP) is 3.18. The summed E-state index contributed by atoms with van der Waals surface area (Å²) in [7, 11) is 0. The highest BCUT2D eigenvalue weighted by atomic mass is 19.3. The summed E-state index contributed by atoms with van der Waals surface area (Å²) in [5, 5.41) is 18.1. The van der Waals surface area contributed by atoms with Crippen LogP contribution in [0.3, 0.4) is 0 Å². The molecular formula is C22H24F2N8. The number of piperidine rings is 1. The Hall–Kier alpha value is -3.40. The van der Waals surface area contributed by atoms with Crippen LogP contribution < -0.4 is 11.1 Å². The number of nitrogens with one attached hydrogen (secondary N) is 2. The molecule has 5 rings (SSSR count). The number of nitrogen functional groups attached to an aromatic ring is 1. The fraction of sp³-hybridized carbons (Fsp3) is 0.364. The average molecular weight is 438 g/mol. The second-order valence-electron chi connectivity index (χ2n) is 8.19. The fourth-order valence-corrected chi connectivity index (χ4v) is 4.43. The minimum Gasteiger partial charge on any atom is -0.384 e. The van der Waals surface area contributed by atoms with Crippen molar-refractivity contribution in [3.63, 3.8) is 0 Å². The summed E-state index contributed by atoms with van der Waals surface area (Å²) in [5.74, 6) is 0.796. The summed E-state index contributed by atoms with van der Waals surface area (Å²) >= 11 is 0. The maximum atomic E-state index is 13.8. The summed E-state index contributed by atoms with van der Waals surface area (Å²) in [6.45, 7) is 2.47. The average Bonchev–Trinajstić information content (AvgIpc) is 3.41. The number of halogens is 2. The standard InChI is InChI=1S/C22H24F2N8/c23-21(24)19-17(9-16-10-18(25)27-22-20(16)28-31-29-22)12-32(30-19)11-13-2-1-3-15(8-13)14-4-6-26-7-5-14/h1-3,8,10,12,14,21,26H,4-7,9,11H2,(H3,25,27,28,29,31). The molecule has 0 bridgehead atoms. The molecule has 0 amide bonds. The van der Waals surface area contributed by atoms with Crippen molar-refractivity contribution >= 4 is 17.0 Å². The first-order valence-corrected chi connectivity index (χ1v) is 10.7. The molecule has 0 unspecified atom stereocenters. The fourth-order valence-electron chi connectivity index (χ4n) is 4.43. The minimum absolute atomic E-state index is 0.213. The molecule has 166 valence electrons. The maximum Gasteiger partial charge on any atom is 0.282 e. The van der Waals surface area contributed by atoms with Crippen LogP contribution in [0.1, 0.15) is 53.1 Å². The van der Waals surface area contributed by atoms with Crippen molar-refractivity contribution < 1.29 is 8.78 Å². The number of hydrogen-bond donors (Lipinski definition) is 3. The van der Waals surface area contributed by atoms with Crippen LogP contribution in [0.15, 0.2) is 36.5 Å². The lowest BCUT2D eigenvalue weighted by atomic mass is 9.89. The van der Waals surface area contributed by atoms with Gasteiger partial charge in [-0.3, -0.25) is 4.68 Å². The quantitative estimate of drug-likeness (QED) is 0.427. The molecule has 3 aromatic heterocycles. The van der Waals surface area contributed by atoms with Gasteiger partial charge in [0.1, 0.15) is 17.0 Å². The summed E-state index contributed by atoms with van der Waals surface area (Å²) < 4.78 is 29.1. The molecule has 4 N–H and O–H groups in total. The molecule has 8 nitrogen and oxygen atoms in total. The van der Waals surface area contributed by atoms with E-state index in [4.69, 9.17) is 5.73 Å². The SMILES string of the molecule is Nc1cc(Cc2cn(Cc3cccc(C4CCNCC4)c3)nc2C(F)F)c2n[nH]nc2n1. The van der Waals surface area contributed by atoms with E-state index < -0.39 is 6.43 Å². The maximum absolute atomic E-state index is 13.8. The lowest BCUT2D eigenvalue weighted by Gasteiger charge is -2.23. The van der Waals surface area contributed by atoms with Crippen molar-refractivity contribution in [1.29, 1.82) is 0 Å². The second-order valence-corrected chi connectivity index (χ2v) is 8.19. The van der Waals surface area contributed by atoms with Gasteiger partial charge in [0.05, 0.1) is 6.54 Å². The number of aromatic amines is 1. The Balaban J connectivity index is 1.41. The lowest BCUT2D eigenvalue weighted by Crippen LogP contribution is -2.26. The van der Waals surface area contributed by atoms with Crippen molar-refractivity contribution in [2.45, 2.75) is 38.2 Å². The molecule has 1 fully saturated rings. The Morgan fingerprint density at radius 2 is 1.97 bits per heavy atom. The molecule has 10 heteroatoms. The van der Waals surface area contributed by atoms with Gasteiger partial charge in [-0.1, -0.05) is 24.3 Å². The third kappa shape index (κ3) is 4.18. The Morgan fingerprint density at radius 1 is 1.12 bits per heavy atom. The van der Waals surface area contributed by atoms with Crippen molar-refractivity contribution in [2.75, 3.05) is 18.8 Å². The van der Waals surface area contributed by atoms with Gasteiger partial charge in [-0.2, -0.15) is 15.4 Å². The zero-order valence-corrected chi connectivity index (χ0v) is 17.4. The Morgan fingerprint density at radius 3 is 2.78 bits per heavy atom. The summed E-state index contributed by atoms with van der Waals surface area (Å²) in [6, 6.07) is 10.0. The van der Waals surface area contributed by atoms with Crippen LogP contribution in [0.25, 0.3) is 11.2 Å². The van der Waals surface area contributed by atoms with Gasteiger partial charge in [0.15, 0.2) is 0 Å². The largest absolute Gasteiger partial charge is 0.384 e. The molecule has 32 heavy (non-hydrogen) atoms. The number of aromatic nitrogens is 6. The van der Waals surface area contributed by atoms with Gasteiger partial charge in [-0.25, -0.2) is 13.8 Å². The van der Waals surface area contributed by atoms with E-state index in [1.165, 1.54) is 5.56 Å². The van der Waals surface area contributed by atoms with Crippen LogP contribution in [0.4, 0.5) is 14.6 Å². The van der Waals surface area contributed by atoms with E-state index in [1.54, 1.807) is 16.9 Å². The topological polar surface area (TPSA) is 110 Å². The number of rotatable bonds is 6. The van der Waals surface area contributed by atoms with Crippen molar-refractivity contribution in [3.8, 4) is 0 Å². The summed E-state index contributed by atoms with van der Waals surface area (Å²) in [4.78, 5) is 4.10. The molecular weight excluding hydrogens is 414 g/mol. The number of nitrogens with two attached hydrogens (primary N) is 1. The van der Waals surface area contributed by atoms with E-state index in [1.807, 2.05) is 12.1 Å². The highest BCUT2D eigenvalue weighted by molar-refractivity contribution is 5.76. The van der Waals surface area contributed by atoms with Crippen LogP contribution in [-0.2, 0) is 13.0 Å². The van der Waals surface area contributed by atoms with E-state index in [0.717, 1.165) is 31.5 Å². The molecule has 0 radical (unpaired) electrons. The van der Waals surface area contributed by atoms with Crippen LogP contribution >= 0.6 is 0 Å². The number of pyridine rings is 1. The third-order valence-electron chi connectivity index (χ3n) is 5.95. The number of benzene rings is 1. The number of hydrogen-bond acceptors (Lipinski definition) is 6. The Labute approximate surface area is 183 Å². The van der Waals surface area contributed by atoms with E-state index >= 15 is 0 Å². The number of alkyl halides is 2. The lowest BCUT2D eigenvalue weighted by molar-refractivity contribution is 0.144. The third-order valence-corrected chi connectivity index (χ3v) is 5.95. The van der Waals surface area contributed by atoms with Gasteiger partial charge in [-0.05, 0) is 54.6 Å². The van der Waals surface area contributed by atoms with Gasteiger partial charge in [0, 0.05) is 18.2 Å². The first-order valence-electron chi connectivity index (χ1n) is 10.7. The second kappa shape index (κ2) is 8.62. The highest BCUT2D eigenvalue weighted by Gasteiger charge is 2.21. The number of fused-ring (bicyclic) bond motifs is 1. The number of anilines is 1. The van der Waals surface area contributed by atoms with E-state index in [9.17, 15) is 8.78 Å². The first-order chi connectivity index (χ1) is 15.6. The molecule has 4 aromatic rings. The molecule has 1 saturated heterocycles. The van der Waals surface area contributed by atoms with E-state index in [0.29, 0.717) is 34.8 Å². The van der Waals surface area contributed by atoms with Crippen LogP contribution in [0, 0.1) is 0 Å². The van der Waals surface area contributed by atoms with Crippen molar-refractivity contribution in [1.82, 2.24) is 35.5 Å². The molecule has 1 aromatic carbocycles. The minimum atomic E-state index is -2.68. The molecule has 1 aliphatic heterocycles. The van der Waals surface area contributed by atoms with Gasteiger partial charge in [-0.15, -0.1) is 5.10 Å². The molecule has 0 aliphatic carbocycles. The number of H-pyrrole nitrogens is 1. The van der Waals surface area contributed by atoms with E-state index in [-0.39, 0.29) is 17.9 Å². The highest BCUT2D eigenvalue weighted by Crippen LogP contribution is 2.28. The first kappa shape index (κ1) is 20.5. The Kier molecular flexibility index (Phi) is 5.52. The Bertz CT molecular complexity index is 1230. The zero-order chi connectivity index (χ0) is 22.1. The van der Waals surface area contributed by atoms with Gasteiger partial charge in [0.25, 0.3) is 6.43 Å². The summed E-state index contributed by atoms with van der Waals surface area (Å²) in [6.07, 6.45) is 1.43. The monoisotopic (exact) mass is 438 g/mol. The van der Waals surface area contributed by atoms with Gasteiger partial charge in [0.2, 0.25) is 5.65 Å². The van der Waals surface area contributed by atoms with Crippen LogP contribution in [0.2, 0.25) is 0 Å². The van der Waals surface area contributed by atoms with Gasteiger partial charge < -0.3 is 11.1 Å². The number of nitrogens with zero attached hydrogens (tertiary/aromatic N) is 5. The predicted molar refractivity (Wildman–Crippen MR) is 116 cm³/mol. The summed E-state index contributed by atoms with van der Waals surface area (Å²) in [5.41, 5.74) is 9.95.